The van der Waals surface area contributed by atoms with Gasteiger partial charge in [0, 0.05) is 10.0 Å². The van der Waals surface area contributed by atoms with E-state index in [-0.39, 0.29) is 32.9 Å². The van der Waals surface area contributed by atoms with Crippen LogP contribution < -0.4 is 8.92 Å². The molecule has 3 aromatic carbocycles. The van der Waals surface area contributed by atoms with E-state index in [1.807, 2.05) is 0 Å². The lowest BCUT2D eigenvalue weighted by atomic mass is 10.1. The number of imide groups is 1. The lowest BCUT2D eigenvalue weighted by Gasteiger charge is -2.14. The molecule has 4 rings (SSSR count). The van der Waals surface area contributed by atoms with Gasteiger partial charge in [-0.2, -0.15) is 8.42 Å². The summed E-state index contributed by atoms with van der Waals surface area (Å²) in [5.41, 5.74) is 1.15. The van der Waals surface area contributed by atoms with E-state index in [0.29, 0.717) is 15.6 Å². The lowest BCUT2D eigenvalue weighted by molar-refractivity contribution is -0.123. The Morgan fingerprint density at radius 2 is 1.56 bits per heavy atom. The molecule has 0 atom stereocenters. The number of rotatable bonds is 7. The number of benzene rings is 3. The zero-order valence-corrected chi connectivity index (χ0v) is 22.3. The fraction of sp³-hybridized carbons (Fsp3) is 0.0833. The van der Waals surface area contributed by atoms with Gasteiger partial charge >= 0.3 is 10.1 Å². The van der Waals surface area contributed by atoms with Crippen LogP contribution in [0.1, 0.15) is 11.1 Å². The molecule has 1 saturated heterocycles. The smallest absolute Gasteiger partial charge is 0.339 e. The predicted molar refractivity (Wildman–Crippen MR) is 140 cm³/mol. The number of nitrogens with zero attached hydrogens (tertiary/aromatic N) is 1. The van der Waals surface area contributed by atoms with Crippen molar-refractivity contribution in [2.24, 2.45) is 0 Å². The van der Waals surface area contributed by atoms with Gasteiger partial charge in [-0.25, -0.2) is 0 Å². The maximum Gasteiger partial charge on any atom is 0.339 e. The molecule has 0 aliphatic carbocycles. The molecule has 1 fully saturated rings. The molecule has 0 aromatic heterocycles. The van der Waals surface area contributed by atoms with Crippen LogP contribution in [-0.2, 0) is 21.5 Å². The fourth-order valence-corrected chi connectivity index (χ4v) is 5.57. The third-order valence-electron chi connectivity index (χ3n) is 4.97. The zero-order valence-electron chi connectivity index (χ0n) is 18.4. The third-order valence-corrected chi connectivity index (χ3v) is 7.90. The van der Waals surface area contributed by atoms with E-state index in [1.165, 1.54) is 49.6 Å². The molecular formula is C24H16Cl3NO6S2. The summed E-state index contributed by atoms with van der Waals surface area (Å²) in [7, 11) is -2.92. The Morgan fingerprint density at radius 3 is 2.17 bits per heavy atom. The molecule has 1 aliphatic rings. The van der Waals surface area contributed by atoms with Crippen molar-refractivity contribution in [3.05, 3.63) is 91.8 Å². The fourth-order valence-electron chi connectivity index (χ4n) is 3.22. The molecule has 0 unspecified atom stereocenters. The van der Waals surface area contributed by atoms with Gasteiger partial charge in [-0.1, -0.05) is 46.9 Å². The van der Waals surface area contributed by atoms with Crippen molar-refractivity contribution in [2.45, 2.75) is 11.4 Å². The molecule has 36 heavy (non-hydrogen) atoms. The number of thioether (sulfide) groups is 1. The van der Waals surface area contributed by atoms with Crippen molar-refractivity contribution in [3.63, 3.8) is 0 Å². The number of methoxy groups -OCH3 is 1. The van der Waals surface area contributed by atoms with E-state index in [9.17, 15) is 18.0 Å². The van der Waals surface area contributed by atoms with Crippen LogP contribution in [0.4, 0.5) is 4.79 Å². The average molecular weight is 585 g/mol. The minimum atomic E-state index is -4.23. The summed E-state index contributed by atoms with van der Waals surface area (Å²) in [6.45, 7) is 0.0958. The molecule has 0 N–H and O–H groups in total. The largest absolute Gasteiger partial charge is 0.493 e. The first kappa shape index (κ1) is 26.4. The quantitative estimate of drug-likeness (QED) is 0.227. The van der Waals surface area contributed by atoms with Crippen LogP contribution in [0.5, 0.6) is 11.5 Å². The molecule has 1 heterocycles. The van der Waals surface area contributed by atoms with E-state index < -0.39 is 21.3 Å². The van der Waals surface area contributed by atoms with Crippen molar-refractivity contribution in [3.8, 4) is 11.5 Å². The summed E-state index contributed by atoms with van der Waals surface area (Å²) in [4.78, 5) is 26.5. The van der Waals surface area contributed by atoms with E-state index in [4.69, 9.17) is 43.7 Å². The summed E-state index contributed by atoms with van der Waals surface area (Å²) >= 11 is 18.8. The summed E-state index contributed by atoms with van der Waals surface area (Å²) in [5.74, 6) is -0.672. The molecule has 186 valence electrons. The Morgan fingerprint density at radius 1 is 0.944 bits per heavy atom. The summed E-state index contributed by atoms with van der Waals surface area (Å²) < 4.78 is 35.9. The highest BCUT2D eigenvalue weighted by Crippen LogP contribution is 2.40. The Bertz CT molecular complexity index is 1470. The van der Waals surface area contributed by atoms with E-state index in [1.54, 1.807) is 24.3 Å². The number of carbonyl (C=O) groups excluding carboxylic acids is 2. The van der Waals surface area contributed by atoms with Gasteiger partial charge in [0.1, 0.15) is 4.90 Å². The SMILES string of the molecule is COc1cc(/C=C2\SC(=O)N(Cc3ccc(Cl)cc3)C2=O)cc(Cl)c1OS(=O)(=O)c1ccc(Cl)cc1. The highest BCUT2D eigenvalue weighted by molar-refractivity contribution is 8.18. The van der Waals surface area contributed by atoms with Crippen molar-refractivity contribution >= 4 is 73.9 Å². The predicted octanol–water partition coefficient (Wildman–Crippen LogP) is 6.66. The summed E-state index contributed by atoms with van der Waals surface area (Å²) in [6.07, 6.45) is 1.47. The molecule has 0 bridgehead atoms. The van der Waals surface area contributed by atoms with Crippen LogP contribution in [-0.4, -0.2) is 31.6 Å². The number of carbonyl (C=O) groups is 2. The van der Waals surface area contributed by atoms with Crippen LogP contribution >= 0.6 is 46.6 Å². The summed E-state index contributed by atoms with van der Waals surface area (Å²) in [5, 5.41) is 0.422. The molecule has 1 aliphatic heterocycles. The van der Waals surface area contributed by atoms with Gasteiger partial charge in [0.05, 0.1) is 23.6 Å². The molecule has 12 heteroatoms. The molecular weight excluding hydrogens is 569 g/mol. The standard InChI is InChI=1S/C24H16Cl3NO6S2/c1-33-20-11-15(10-19(27)22(20)34-36(31,32)18-8-6-17(26)7-9-18)12-21-23(29)28(24(30)35-21)13-14-2-4-16(25)5-3-14/h2-12H,13H2,1H3/b21-12-. The highest BCUT2D eigenvalue weighted by Gasteiger charge is 2.35. The second-order valence-electron chi connectivity index (χ2n) is 7.42. The summed E-state index contributed by atoms with van der Waals surface area (Å²) in [6, 6.07) is 15.1. The maximum absolute atomic E-state index is 12.9. The van der Waals surface area contributed by atoms with Gasteiger partial charge in [-0.05, 0) is 77.5 Å². The highest BCUT2D eigenvalue weighted by atomic mass is 35.5. The van der Waals surface area contributed by atoms with Gasteiger partial charge in [-0.15, -0.1) is 0 Å². The Balaban J connectivity index is 1.59. The first-order valence-corrected chi connectivity index (χ1v) is 13.5. The average Bonchev–Trinajstić information content (AvgIpc) is 3.09. The van der Waals surface area contributed by atoms with Crippen LogP contribution in [0.25, 0.3) is 6.08 Å². The van der Waals surface area contributed by atoms with Gasteiger partial charge in [0.15, 0.2) is 5.75 Å². The molecule has 0 radical (unpaired) electrons. The number of halogens is 3. The number of ether oxygens (including phenoxy) is 1. The van der Waals surface area contributed by atoms with Gasteiger partial charge in [0.2, 0.25) is 5.75 Å². The zero-order chi connectivity index (χ0) is 26.0. The van der Waals surface area contributed by atoms with Crippen LogP contribution in [0.3, 0.4) is 0 Å². The Kier molecular flexibility index (Phi) is 7.87. The van der Waals surface area contributed by atoms with Crippen molar-refractivity contribution < 1.29 is 26.9 Å². The third kappa shape index (κ3) is 5.82. The van der Waals surface area contributed by atoms with Gasteiger partial charge in [-0.3, -0.25) is 14.5 Å². The van der Waals surface area contributed by atoms with E-state index >= 15 is 0 Å². The normalized spacial score (nSPS) is 15.0. The monoisotopic (exact) mass is 583 g/mol. The van der Waals surface area contributed by atoms with E-state index in [0.717, 1.165) is 22.2 Å². The molecule has 2 amide bonds. The lowest BCUT2D eigenvalue weighted by Crippen LogP contribution is -2.27. The van der Waals surface area contributed by atoms with Crippen LogP contribution in [0.2, 0.25) is 15.1 Å². The van der Waals surface area contributed by atoms with Crippen LogP contribution in [0.15, 0.2) is 70.5 Å². The van der Waals surface area contributed by atoms with Crippen LogP contribution in [0, 0.1) is 0 Å². The Hall–Kier alpha value is -2.69. The Labute approximate surface area is 226 Å². The minimum Gasteiger partial charge on any atom is -0.493 e. The van der Waals surface area contributed by atoms with E-state index in [2.05, 4.69) is 0 Å². The first-order chi connectivity index (χ1) is 17.1. The first-order valence-electron chi connectivity index (χ1n) is 10.1. The topological polar surface area (TPSA) is 90.0 Å². The minimum absolute atomic E-state index is 0.0201. The van der Waals surface area contributed by atoms with Crippen molar-refractivity contribution in [1.29, 1.82) is 0 Å². The maximum atomic E-state index is 12.9. The van der Waals surface area contributed by atoms with Gasteiger partial charge in [0.25, 0.3) is 11.1 Å². The molecule has 0 spiro atoms. The molecule has 7 nitrogen and oxygen atoms in total. The van der Waals surface area contributed by atoms with Crippen molar-refractivity contribution in [1.82, 2.24) is 4.90 Å². The second kappa shape index (κ2) is 10.7. The molecule has 3 aromatic rings. The van der Waals surface area contributed by atoms with Gasteiger partial charge < -0.3 is 8.92 Å². The number of amides is 2. The van der Waals surface area contributed by atoms with Crippen molar-refractivity contribution in [2.75, 3.05) is 7.11 Å². The second-order valence-corrected chi connectivity index (χ2v) is 11.2. The number of hydrogen-bond donors (Lipinski definition) is 0. The number of hydrogen-bond acceptors (Lipinski definition) is 7. The molecule has 0 saturated carbocycles.